The fraction of sp³-hybridized carbons (Fsp3) is 1.00. The van der Waals surface area contributed by atoms with E-state index in [1.54, 1.807) is 0 Å². The van der Waals surface area contributed by atoms with Crippen molar-refractivity contribution < 1.29 is 0 Å². The molecule has 0 amide bonds. The lowest BCUT2D eigenvalue weighted by atomic mass is 9.67. The Hall–Kier alpha value is -0.120. The monoisotopic (exact) mass is 351 g/mol. The van der Waals surface area contributed by atoms with Crippen LogP contribution in [0.1, 0.15) is 74.7 Å². The molecule has 0 aliphatic carbocycles. The summed E-state index contributed by atoms with van der Waals surface area (Å²) in [6.45, 7) is 26.9. The van der Waals surface area contributed by atoms with Crippen LogP contribution in [0.2, 0.25) is 0 Å². The van der Waals surface area contributed by atoms with E-state index < -0.39 is 0 Å². The average Bonchev–Trinajstić information content (AvgIpc) is 2.54. The maximum Gasteiger partial charge on any atom is 0.0159 e. The largest absolute Gasteiger partial charge is 0.301 e. The highest BCUT2D eigenvalue weighted by molar-refractivity contribution is 4.94. The van der Waals surface area contributed by atoms with E-state index in [1.807, 2.05) is 0 Å². The van der Waals surface area contributed by atoms with Crippen LogP contribution in [-0.2, 0) is 0 Å². The maximum absolute atomic E-state index is 2.76. The van der Waals surface area contributed by atoms with E-state index in [0.717, 1.165) is 5.92 Å². The molecule has 3 heteroatoms. The summed E-state index contributed by atoms with van der Waals surface area (Å²) in [7, 11) is 0. The highest BCUT2D eigenvalue weighted by Gasteiger charge is 2.40. The van der Waals surface area contributed by atoms with Crippen LogP contribution in [0.25, 0.3) is 0 Å². The lowest BCUT2D eigenvalue weighted by molar-refractivity contribution is -0.00692. The molecule has 0 atom stereocenters. The summed E-state index contributed by atoms with van der Waals surface area (Å²) in [5.74, 6) is 0.874. The quantitative estimate of drug-likeness (QED) is 0.705. The summed E-state index contributed by atoms with van der Waals surface area (Å²) in [6.07, 6.45) is 4.07. The fourth-order valence-corrected chi connectivity index (χ4v) is 5.41. The Kier molecular flexibility index (Phi) is 7.01. The summed E-state index contributed by atoms with van der Waals surface area (Å²) in [6, 6.07) is 1.39. The van der Waals surface area contributed by atoms with Gasteiger partial charge in [0.1, 0.15) is 0 Å². The first-order valence-corrected chi connectivity index (χ1v) is 10.8. The molecule has 2 fully saturated rings. The van der Waals surface area contributed by atoms with Crippen LogP contribution in [0.4, 0.5) is 0 Å². The highest BCUT2D eigenvalue weighted by atomic mass is 15.3. The minimum Gasteiger partial charge on any atom is -0.301 e. The van der Waals surface area contributed by atoms with E-state index in [4.69, 9.17) is 0 Å². The van der Waals surface area contributed by atoms with Gasteiger partial charge in [-0.25, -0.2) is 0 Å². The SMILES string of the molecule is CC(C)N1CCC(C(C)(C)CC(C)(C)N2CCN(C(C)C)CC2)CC1. The molecule has 2 aliphatic heterocycles. The first-order valence-electron chi connectivity index (χ1n) is 10.8. The highest BCUT2D eigenvalue weighted by Crippen LogP contribution is 2.42. The van der Waals surface area contributed by atoms with Crippen LogP contribution in [0.5, 0.6) is 0 Å². The number of nitrogens with zero attached hydrogens (tertiary/aromatic N) is 3. The first kappa shape index (κ1) is 21.2. The molecular weight excluding hydrogens is 306 g/mol. The number of rotatable bonds is 6. The molecule has 0 aromatic rings. The predicted octanol–water partition coefficient (Wildman–Crippen LogP) is 4.33. The van der Waals surface area contributed by atoms with Gasteiger partial charge < -0.3 is 4.90 Å². The molecule has 2 saturated heterocycles. The summed E-state index contributed by atoms with van der Waals surface area (Å²) in [5, 5.41) is 0. The number of hydrogen-bond acceptors (Lipinski definition) is 3. The summed E-state index contributed by atoms with van der Waals surface area (Å²) in [4.78, 5) is 8.04. The summed E-state index contributed by atoms with van der Waals surface area (Å²) >= 11 is 0. The third-order valence-electron chi connectivity index (χ3n) is 7.15. The van der Waals surface area contributed by atoms with E-state index in [2.05, 4.69) is 70.1 Å². The zero-order valence-corrected chi connectivity index (χ0v) is 18.4. The van der Waals surface area contributed by atoms with E-state index >= 15 is 0 Å². The Morgan fingerprint density at radius 2 is 1.16 bits per heavy atom. The first-order chi connectivity index (χ1) is 11.5. The molecule has 2 rings (SSSR count). The molecule has 0 radical (unpaired) electrons. The molecule has 2 aliphatic rings. The van der Waals surface area contributed by atoms with Crippen molar-refractivity contribution in [1.29, 1.82) is 0 Å². The van der Waals surface area contributed by atoms with Gasteiger partial charge >= 0.3 is 0 Å². The second kappa shape index (κ2) is 8.27. The summed E-state index contributed by atoms with van der Waals surface area (Å²) < 4.78 is 0. The van der Waals surface area contributed by atoms with E-state index in [9.17, 15) is 0 Å². The zero-order valence-electron chi connectivity index (χ0n) is 18.4. The second-order valence-corrected chi connectivity index (χ2v) is 10.5. The normalized spacial score (nSPS) is 23.8. The Labute approximate surface area is 158 Å². The van der Waals surface area contributed by atoms with Crippen molar-refractivity contribution in [3.05, 3.63) is 0 Å². The smallest absolute Gasteiger partial charge is 0.0159 e. The number of piperazine rings is 1. The molecule has 0 unspecified atom stereocenters. The van der Waals surface area contributed by atoms with Gasteiger partial charge in [0.25, 0.3) is 0 Å². The Morgan fingerprint density at radius 1 is 0.720 bits per heavy atom. The Bertz CT molecular complexity index is 359. The van der Waals surface area contributed by atoms with Gasteiger partial charge in [0, 0.05) is 43.8 Å². The number of piperidine rings is 1. The summed E-state index contributed by atoms with van der Waals surface area (Å²) in [5.41, 5.74) is 0.740. The minimum absolute atomic E-state index is 0.307. The molecule has 0 aromatic carbocycles. The van der Waals surface area contributed by atoms with Crippen LogP contribution >= 0.6 is 0 Å². The molecular formula is C22H45N3. The van der Waals surface area contributed by atoms with Gasteiger partial charge in [-0.3, -0.25) is 9.80 Å². The van der Waals surface area contributed by atoms with Crippen LogP contribution in [0.15, 0.2) is 0 Å². The minimum atomic E-state index is 0.307. The Balaban J connectivity index is 1.90. The van der Waals surface area contributed by atoms with Crippen molar-refractivity contribution >= 4 is 0 Å². The molecule has 3 nitrogen and oxygen atoms in total. The van der Waals surface area contributed by atoms with Gasteiger partial charge in [0.15, 0.2) is 0 Å². The van der Waals surface area contributed by atoms with Crippen molar-refractivity contribution in [2.24, 2.45) is 11.3 Å². The van der Waals surface area contributed by atoms with Gasteiger partial charge in [-0.2, -0.15) is 0 Å². The van der Waals surface area contributed by atoms with E-state index in [1.165, 1.54) is 58.5 Å². The standard InChI is InChI=1S/C22H45N3/c1-18(2)23-11-9-20(10-12-23)21(5,6)17-22(7,8)25-15-13-24(14-16-25)19(3)4/h18-20H,9-17H2,1-8H3. The lowest BCUT2D eigenvalue weighted by Gasteiger charge is -2.50. The molecule has 0 saturated carbocycles. The van der Waals surface area contributed by atoms with E-state index in [0.29, 0.717) is 23.0 Å². The van der Waals surface area contributed by atoms with Gasteiger partial charge in [0.2, 0.25) is 0 Å². The van der Waals surface area contributed by atoms with Crippen molar-refractivity contribution in [1.82, 2.24) is 14.7 Å². The molecule has 0 bridgehead atoms. The van der Waals surface area contributed by atoms with Gasteiger partial charge in [-0.05, 0) is 85.2 Å². The number of likely N-dealkylation sites (tertiary alicyclic amines) is 1. The predicted molar refractivity (Wildman–Crippen MR) is 110 cm³/mol. The molecule has 0 aromatic heterocycles. The third-order valence-corrected chi connectivity index (χ3v) is 7.15. The van der Waals surface area contributed by atoms with Gasteiger partial charge in [-0.1, -0.05) is 13.8 Å². The fourth-order valence-electron chi connectivity index (χ4n) is 5.41. The number of hydrogen-bond donors (Lipinski definition) is 0. The van der Waals surface area contributed by atoms with Crippen LogP contribution in [-0.4, -0.2) is 71.6 Å². The van der Waals surface area contributed by atoms with Crippen molar-refractivity contribution in [3.63, 3.8) is 0 Å². The average molecular weight is 352 g/mol. The Morgan fingerprint density at radius 3 is 1.60 bits per heavy atom. The maximum atomic E-state index is 2.76. The third kappa shape index (κ3) is 5.43. The van der Waals surface area contributed by atoms with Crippen LogP contribution in [0.3, 0.4) is 0 Å². The zero-order chi connectivity index (χ0) is 18.8. The van der Waals surface area contributed by atoms with Crippen LogP contribution in [0, 0.1) is 11.3 Å². The van der Waals surface area contributed by atoms with Gasteiger partial charge in [-0.15, -0.1) is 0 Å². The topological polar surface area (TPSA) is 9.72 Å². The lowest BCUT2D eigenvalue weighted by Crippen LogP contribution is -2.57. The van der Waals surface area contributed by atoms with Crippen molar-refractivity contribution in [2.45, 2.75) is 92.3 Å². The van der Waals surface area contributed by atoms with Crippen molar-refractivity contribution in [2.75, 3.05) is 39.3 Å². The second-order valence-electron chi connectivity index (χ2n) is 10.5. The molecule has 25 heavy (non-hydrogen) atoms. The van der Waals surface area contributed by atoms with Crippen LogP contribution < -0.4 is 0 Å². The molecule has 148 valence electrons. The van der Waals surface area contributed by atoms with Crippen molar-refractivity contribution in [3.8, 4) is 0 Å². The van der Waals surface area contributed by atoms with E-state index in [-0.39, 0.29) is 0 Å². The molecule has 0 spiro atoms. The molecule has 0 N–H and O–H groups in total. The van der Waals surface area contributed by atoms with Gasteiger partial charge in [0.05, 0.1) is 0 Å². The molecule has 2 heterocycles.